The zero-order chi connectivity index (χ0) is 15.2. The van der Waals surface area contributed by atoms with Crippen molar-refractivity contribution in [1.29, 1.82) is 0 Å². The summed E-state index contributed by atoms with van der Waals surface area (Å²) in [4.78, 5) is 10.8. The summed E-state index contributed by atoms with van der Waals surface area (Å²) in [6.07, 6.45) is 4.47. The van der Waals surface area contributed by atoms with Crippen LogP contribution in [0.15, 0.2) is 18.2 Å². The lowest BCUT2D eigenvalue weighted by Gasteiger charge is -2.32. The summed E-state index contributed by atoms with van der Waals surface area (Å²) in [5.74, 6) is 1.26. The number of thioether (sulfide) groups is 1. The standard InChI is InChI=1S/C16H22O4S/c1-19-13-8-5-7-12(16(13)20-2)11-6-3-4-9-14(11)21-10-15(17)18/h5,7-8,11,14H,3-4,6,9-10H2,1-2H3,(H,17,18)/t11-,14+/m0/s1. The molecule has 0 unspecified atom stereocenters. The van der Waals surface area contributed by atoms with Gasteiger partial charge in [-0.3, -0.25) is 4.79 Å². The molecule has 1 aromatic carbocycles. The molecule has 116 valence electrons. The van der Waals surface area contributed by atoms with Gasteiger partial charge in [-0.1, -0.05) is 25.0 Å². The molecule has 0 aromatic heterocycles. The van der Waals surface area contributed by atoms with E-state index in [1.807, 2.05) is 12.1 Å². The van der Waals surface area contributed by atoms with Gasteiger partial charge >= 0.3 is 5.97 Å². The molecule has 1 N–H and O–H groups in total. The van der Waals surface area contributed by atoms with Gasteiger partial charge in [-0.25, -0.2) is 0 Å². The van der Waals surface area contributed by atoms with Crippen LogP contribution in [0.1, 0.15) is 37.2 Å². The molecule has 0 saturated heterocycles. The Labute approximate surface area is 129 Å². The summed E-state index contributed by atoms with van der Waals surface area (Å²) < 4.78 is 10.9. The van der Waals surface area contributed by atoms with E-state index in [-0.39, 0.29) is 5.75 Å². The number of rotatable bonds is 6. The van der Waals surface area contributed by atoms with Crippen LogP contribution >= 0.6 is 11.8 Å². The van der Waals surface area contributed by atoms with Crippen molar-refractivity contribution < 1.29 is 19.4 Å². The van der Waals surface area contributed by atoms with E-state index < -0.39 is 5.97 Å². The van der Waals surface area contributed by atoms with Gasteiger partial charge in [-0.2, -0.15) is 0 Å². The van der Waals surface area contributed by atoms with Crippen LogP contribution in [-0.2, 0) is 4.79 Å². The number of aliphatic carboxylic acids is 1. The van der Waals surface area contributed by atoms with E-state index in [1.165, 1.54) is 12.8 Å². The predicted molar refractivity (Wildman–Crippen MR) is 84.6 cm³/mol. The topological polar surface area (TPSA) is 55.8 Å². The highest BCUT2D eigenvalue weighted by Gasteiger charge is 2.30. The summed E-state index contributed by atoms with van der Waals surface area (Å²) >= 11 is 1.55. The molecule has 1 aliphatic carbocycles. The number of hydrogen-bond donors (Lipinski definition) is 1. The van der Waals surface area contributed by atoms with E-state index in [4.69, 9.17) is 14.6 Å². The van der Waals surface area contributed by atoms with Gasteiger partial charge in [0, 0.05) is 10.8 Å². The van der Waals surface area contributed by atoms with Crippen LogP contribution < -0.4 is 9.47 Å². The highest BCUT2D eigenvalue weighted by Crippen LogP contribution is 2.45. The fourth-order valence-corrected chi connectivity index (χ4v) is 4.24. The van der Waals surface area contributed by atoms with E-state index in [0.29, 0.717) is 11.2 Å². The van der Waals surface area contributed by atoms with Crippen molar-refractivity contribution in [2.75, 3.05) is 20.0 Å². The van der Waals surface area contributed by atoms with Gasteiger partial charge < -0.3 is 14.6 Å². The summed E-state index contributed by atoms with van der Waals surface area (Å²) in [5, 5.41) is 9.25. The van der Waals surface area contributed by atoms with E-state index in [2.05, 4.69) is 6.07 Å². The lowest BCUT2D eigenvalue weighted by atomic mass is 9.83. The van der Waals surface area contributed by atoms with E-state index in [1.54, 1.807) is 26.0 Å². The Bertz CT molecular complexity index is 489. The quantitative estimate of drug-likeness (QED) is 0.871. The molecule has 0 aliphatic heterocycles. The SMILES string of the molecule is COc1cccc([C@@H]2CCCC[C@H]2SCC(=O)O)c1OC. The van der Waals surface area contributed by atoms with Gasteiger partial charge in [0.25, 0.3) is 0 Å². The Balaban J connectivity index is 2.26. The Hall–Kier alpha value is -1.36. The molecule has 0 bridgehead atoms. The van der Waals surface area contributed by atoms with Crippen molar-refractivity contribution in [3.05, 3.63) is 23.8 Å². The average Bonchev–Trinajstić information content (AvgIpc) is 2.52. The number of para-hydroxylation sites is 1. The van der Waals surface area contributed by atoms with Crippen LogP contribution in [-0.4, -0.2) is 36.3 Å². The molecule has 1 saturated carbocycles. The number of carbonyl (C=O) groups is 1. The average molecular weight is 310 g/mol. The highest BCUT2D eigenvalue weighted by molar-refractivity contribution is 8.00. The molecule has 1 aliphatic rings. The zero-order valence-electron chi connectivity index (χ0n) is 12.5. The van der Waals surface area contributed by atoms with Gasteiger partial charge in [0.05, 0.1) is 20.0 Å². The lowest BCUT2D eigenvalue weighted by Crippen LogP contribution is -2.22. The molecule has 1 aromatic rings. The molecule has 1 fully saturated rings. The number of carboxylic acids is 1. The van der Waals surface area contributed by atoms with Gasteiger partial charge in [-0.05, 0) is 24.8 Å². The van der Waals surface area contributed by atoms with E-state index in [9.17, 15) is 4.79 Å². The van der Waals surface area contributed by atoms with Crippen molar-refractivity contribution in [1.82, 2.24) is 0 Å². The zero-order valence-corrected chi connectivity index (χ0v) is 13.3. The van der Waals surface area contributed by atoms with Crippen molar-refractivity contribution in [3.8, 4) is 11.5 Å². The minimum atomic E-state index is -0.748. The maximum absolute atomic E-state index is 10.8. The Morgan fingerprint density at radius 3 is 2.71 bits per heavy atom. The monoisotopic (exact) mass is 310 g/mol. The summed E-state index contributed by atoms with van der Waals surface area (Å²) in [5.41, 5.74) is 1.14. The third kappa shape index (κ3) is 3.84. The fraction of sp³-hybridized carbons (Fsp3) is 0.562. The van der Waals surface area contributed by atoms with Crippen LogP contribution in [0.3, 0.4) is 0 Å². The maximum atomic E-state index is 10.8. The van der Waals surface area contributed by atoms with Crippen LogP contribution in [0.25, 0.3) is 0 Å². The Morgan fingerprint density at radius 1 is 1.29 bits per heavy atom. The minimum Gasteiger partial charge on any atom is -0.493 e. The second-order valence-corrected chi connectivity index (χ2v) is 6.44. The lowest BCUT2D eigenvalue weighted by molar-refractivity contribution is -0.133. The summed E-state index contributed by atoms with van der Waals surface area (Å²) in [6, 6.07) is 5.94. The van der Waals surface area contributed by atoms with Gasteiger partial charge in [0.2, 0.25) is 0 Å². The highest BCUT2D eigenvalue weighted by atomic mass is 32.2. The minimum absolute atomic E-state index is 0.160. The molecular weight excluding hydrogens is 288 g/mol. The number of methoxy groups -OCH3 is 2. The first kappa shape index (κ1) is 16.0. The molecule has 0 heterocycles. The van der Waals surface area contributed by atoms with Crippen LogP contribution in [0.2, 0.25) is 0 Å². The number of hydrogen-bond acceptors (Lipinski definition) is 4. The molecule has 2 rings (SSSR count). The van der Waals surface area contributed by atoms with Crippen molar-refractivity contribution in [2.24, 2.45) is 0 Å². The second-order valence-electron chi connectivity index (χ2n) is 5.22. The van der Waals surface area contributed by atoms with Gasteiger partial charge in [0.15, 0.2) is 11.5 Å². The smallest absolute Gasteiger partial charge is 0.313 e. The van der Waals surface area contributed by atoms with Gasteiger partial charge in [-0.15, -0.1) is 11.8 Å². The maximum Gasteiger partial charge on any atom is 0.313 e. The molecule has 2 atom stereocenters. The van der Waals surface area contributed by atoms with Crippen LogP contribution in [0, 0.1) is 0 Å². The molecular formula is C16H22O4S. The molecule has 0 radical (unpaired) electrons. The first-order valence-corrected chi connectivity index (χ1v) is 8.26. The van der Waals surface area contributed by atoms with E-state index in [0.717, 1.165) is 29.9 Å². The Morgan fingerprint density at radius 2 is 2.05 bits per heavy atom. The molecule has 21 heavy (non-hydrogen) atoms. The molecule has 0 spiro atoms. The number of carboxylic acid groups (broad SMARTS) is 1. The van der Waals surface area contributed by atoms with Crippen molar-refractivity contribution >= 4 is 17.7 Å². The summed E-state index contributed by atoms with van der Waals surface area (Å²) in [7, 11) is 3.29. The van der Waals surface area contributed by atoms with Crippen molar-refractivity contribution in [3.63, 3.8) is 0 Å². The Kier molecular flexibility index (Phi) is 5.79. The molecule has 0 amide bonds. The third-order valence-electron chi connectivity index (χ3n) is 3.96. The first-order chi connectivity index (χ1) is 10.2. The van der Waals surface area contributed by atoms with Crippen LogP contribution in [0.4, 0.5) is 0 Å². The van der Waals surface area contributed by atoms with Crippen LogP contribution in [0.5, 0.6) is 11.5 Å². The normalized spacial score (nSPS) is 21.8. The molecule has 4 nitrogen and oxygen atoms in total. The second kappa shape index (κ2) is 7.59. The molecule has 5 heteroatoms. The first-order valence-electron chi connectivity index (χ1n) is 7.21. The number of benzene rings is 1. The van der Waals surface area contributed by atoms with E-state index >= 15 is 0 Å². The van der Waals surface area contributed by atoms with Gasteiger partial charge in [0.1, 0.15) is 0 Å². The summed E-state index contributed by atoms with van der Waals surface area (Å²) in [6.45, 7) is 0. The van der Waals surface area contributed by atoms with Crippen molar-refractivity contribution in [2.45, 2.75) is 36.9 Å². The predicted octanol–water partition coefficient (Wildman–Crippen LogP) is 3.55. The number of ether oxygens (including phenoxy) is 2. The fourth-order valence-electron chi connectivity index (χ4n) is 3.03. The third-order valence-corrected chi connectivity index (χ3v) is 5.36. The largest absolute Gasteiger partial charge is 0.493 e.